The summed E-state index contributed by atoms with van der Waals surface area (Å²) in [7, 11) is 1.95. The van der Waals surface area contributed by atoms with E-state index in [4.69, 9.17) is 9.47 Å². The molecule has 5 heteroatoms. The van der Waals surface area contributed by atoms with Crippen LogP contribution in [-0.2, 0) is 13.6 Å². The summed E-state index contributed by atoms with van der Waals surface area (Å²) in [6.07, 6.45) is 1.81. The van der Waals surface area contributed by atoms with Crippen molar-refractivity contribution in [3.8, 4) is 11.5 Å². The van der Waals surface area contributed by atoms with Crippen LogP contribution in [0.3, 0.4) is 0 Å². The smallest absolute Gasteiger partial charge is 0.231 e. The normalized spacial score (nSPS) is 14.6. The van der Waals surface area contributed by atoms with Crippen molar-refractivity contribution >= 4 is 0 Å². The zero-order chi connectivity index (χ0) is 13.2. The van der Waals surface area contributed by atoms with Gasteiger partial charge in [0.25, 0.3) is 0 Å². The summed E-state index contributed by atoms with van der Waals surface area (Å²) in [5, 5.41) is 7.66. The minimum atomic E-state index is 0.248. The molecule has 0 saturated carbocycles. The Labute approximate surface area is 112 Å². The van der Waals surface area contributed by atoms with Gasteiger partial charge in [0.05, 0.1) is 5.69 Å². The standard InChI is InChI=1S/C14H17N3O2/c1-10(12-5-6-16-17(12)2)15-8-11-3-4-13-14(7-11)19-9-18-13/h3-7,10,15H,8-9H2,1-2H3. The van der Waals surface area contributed by atoms with E-state index in [1.165, 1.54) is 11.3 Å². The molecule has 5 nitrogen and oxygen atoms in total. The number of rotatable bonds is 4. The monoisotopic (exact) mass is 259 g/mol. The lowest BCUT2D eigenvalue weighted by Crippen LogP contribution is -2.20. The lowest BCUT2D eigenvalue weighted by atomic mass is 10.1. The fraction of sp³-hybridized carbons (Fsp3) is 0.357. The second-order valence-electron chi connectivity index (χ2n) is 4.67. The number of nitrogens with one attached hydrogen (secondary N) is 1. The van der Waals surface area contributed by atoms with E-state index in [-0.39, 0.29) is 6.04 Å². The average Bonchev–Trinajstić information content (AvgIpc) is 3.03. The van der Waals surface area contributed by atoms with Crippen LogP contribution in [0.5, 0.6) is 11.5 Å². The topological polar surface area (TPSA) is 48.3 Å². The van der Waals surface area contributed by atoms with Gasteiger partial charge in [-0.05, 0) is 30.7 Å². The summed E-state index contributed by atoms with van der Waals surface area (Å²) < 4.78 is 12.6. The molecule has 1 aliphatic heterocycles. The van der Waals surface area contributed by atoms with Gasteiger partial charge >= 0.3 is 0 Å². The van der Waals surface area contributed by atoms with E-state index in [0.29, 0.717) is 6.79 Å². The predicted molar refractivity (Wildman–Crippen MR) is 71.0 cm³/mol. The molecule has 1 aromatic carbocycles. The lowest BCUT2D eigenvalue weighted by Gasteiger charge is -2.14. The molecule has 0 aliphatic carbocycles. The second-order valence-corrected chi connectivity index (χ2v) is 4.67. The van der Waals surface area contributed by atoms with Gasteiger partial charge in [0.2, 0.25) is 6.79 Å². The highest BCUT2D eigenvalue weighted by Gasteiger charge is 2.14. The number of hydrogen-bond acceptors (Lipinski definition) is 4. The van der Waals surface area contributed by atoms with Gasteiger partial charge in [-0.2, -0.15) is 5.10 Å². The first-order valence-corrected chi connectivity index (χ1v) is 6.34. The number of aryl methyl sites for hydroxylation is 1. The van der Waals surface area contributed by atoms with Gasteiger partial charge in [0.1, 0.15) is 0 Å². The van der Waals surface area contributed by atoms with Crippen LogP contribution in [-0.4, -0.2) is 16.6 Å². The third-order valence-corrected chi connectivity index (χ3v) is 3.35. The van der Waals surface area contributed by atoms with Crippen LogP contribution in [0.25, 0.3) is 0 Å². The van der Waals surface area contributed by atoms with E-state index in [2.05, 4.69) is 23.4 Å². The molecular weight excluding hydrogens is 242 g/mol. The number of fused-ring (bicyclic) bond motifs is 1. The Bertz CT molecular complexity index is 580. The van der Waals surface area contributed by atoms with E-state index in [1.807, 2.05) is 36.1 Å². The van der Waals surface area contributed by atoms with Gasteiger partial charge in [-0.25, -0.2) is 0 Å². The fourth-order valence-corrected chi connectivity index (χ4v) is 2.24. The molecule has 1 atom stereocenters. The summed E-state index contributed by atoms with van der Waals surface area (Å²) in [4.78, 5) is 0. The molecule has 3 rings (SSSR count). The average molecular weight is 259 g/mol. The number of benzene rings is 1. The Morgan fingerprint density at radius 3 is 2.95 bits per heavy atom. The van der Waals surface area contributed by atoms with Crippen molar-refractivity contribution in [3.05, 3.63) is 41.7 Å². The zero-order valence-corrected chi connectivity index (χ0v) is 11.1. The van der Waals surface area contributed by atoms with Gasteiger partial charge < -0.3 is 14.8 Å². The molecule has 0 bridgehead atoms. The second kappa shape index (κ2) is 4.93. The molecule has 1 N–H and O–H groups in total. The Kier molecular flexibility index (Phi) is 3.13. The molecule has 0 fully saturated rings. The summed E-state index contributed by atoms with van der Waals surface area (Å²) in [5.41, 5.74) is 2.35. The molecule has 1 aliphatic rings. The number of ether oxygens (including phenoxy) is 2. The van der Waals surface area contributed by atoms with Crippen LogP contribution in [0.1, 0.15) is 24.2 Å². The first kappa shape index (κ1) is 12.0. The molecule has 100 valence electrons. The van der Waals surface area contributed by atoms with E-state index < -0.39 is 0 Å². The Balaban J connectivity index is 1.65. The molecule has 0 amide bonds. The molecule has 0 spiro atoms. The molecular formula is C14H17N3O2. The van der Waals surface area contributed by atoms with E-state index in [0.717, 1.165) is 18.0 Å². The summed E-state index contributed by atoms with van der Waals surface area (Å²) >= 11 is 0. The minimum absolute atomic E-state index is 0.248. The van der Waals surface area contributed by atoms with Gasteiger partial charge in [0, 0.05) is 25.8 Å². The molecule has 2 heterocycles. The van der Waals surface area contributed by atoms with Crippen LogP contribution in [0.15, 0.2) is 30.5 Å². The molecule has 2 aromatic rings. The Morgan fingerprint density at radius 1 is 1.32 bits per heavy atom. The van der Waals surface area contributed by atoms with Crippen molar-refractivity contribution in [1.82, 2.24) is 15.1 Å². The SMILES string of the molecule is CC(NCc1ccc2c(c1)OCO2)c1ccnn1C. The van der Waals surface area contributed by atoms with E-state index in [1.54, 1.807) is 0 Å². The maximum absolute atomic E-state index is 5.37. The number of nitrogens with zero attached hydrogens (tertiary/aromatic N) is 2. The van der Waals surface area contributed by atoms with Crippen molar-refractivity contribution < 1.29 is 9.47 Å². The van der Waals surface area contributed by atoms with Gasteiger partial charge in [-0.1, -0.05) is 6.07 Å². The van der Waals surface area contributed by atoms with Crippen LogP contribution >= 0.6 is 0 Å². The van der Waals surface area contributed by atoms with E-state index in [9.17, 15) is 0 Å². The summed E-state index contributed by atoms with van der Waals surface area (Å²) in [5.74, 6) is 1.65. The first-order chi connectivity index (χ1) is 9.24. The van der Waals surface area contributed by atoms with E-state index >= 15 is 0 Å². The predicted octanol–water partition coefficient (Wildman–Crippen LogP) is 2.00. The van der Waals surface area contributed by atoms with Crippen LogP contribution in [0.4, 0.5) is 0 Å². The van der Waals surface area contributed by atoms with Crippen molar-refractivity contribution in [2.45, 2.75) is 19.5 Å². The highest BCUT2D eigenvalue weighted by molar-refractivity contribution is 5.44. The Hall–Kier alpha value is -2.01. The molecule has 1 unspecified atom stereocenters. The quantitative estimate of drug-likeness (QED) is 0.912. The molecule has 0 radical (unpaired) electrons. The fourth-order valence-electron chi connectivity index (χ4n) is 2.24. The van der Waals surface area contributed by atoms with Gasteiger partial charge in [0.15, 0.2) is 11.5 Å². The zero-order valence-electron chi connectivity index (χ0n) is 11.1. The van der Waals surface area contributed by atoms with Crippen molar-refractivity contribution in [1.29, 1.82) is 0 Å². The molecule has 1 aromatic heterocycles. The maximum atomic E-state index is 5.37. The largest absolute Gasteiger partial charge is 0.454 e. The third-order valence-electron chi connectivity index (χ3n) is 3.35. The van der Waals surface area contributed by atoms with Gasteiger partial charge in [-0.15, -0.1) is 0 Å². The maximum Gasteiger partial charge on any atom is 0.231 e. The van der Waals surface area contributed by atoms with Crippen LogP contribution in [0, 0.1) is 0 Å². The molecule has 0 saturated heterocycles. The molecule has 19 heavy (non-hydrogen) atoms. The van der Waals surface area contributed by atoms with Gasteiger partial charge in [-0.3, -0.25) is 4.68 Å². The summed E-state index contributed by atoms with van der Waals surface area (Å²) in [6, 6.07) is 8.30. The number of aromatic nitrogens is 2. The van der Waals surface area contributed by atoms with Crippen LogP contribution in [0.2, 0.25) is 0 Å². The number of hydrogen-bond donors (Lipinski definition) is 1. The highest BCUT2D eigenvalue weighted by atomic mass is 16.7. The lowest BCUT2D eigenvalue weighted by molar-refractivity contribution is 0.174. The Morgan fingerprint density at radius 2 is 2.16 bits per heavy atom. The van der Waals surface area contributed by atoms with Crippen molar-refractivity contribution in [3.63, 3.8) is 0 Å². The minimum Gasteiger partial charge on any atom is -0.454 e. The highest BCUT2D eigenvalue weighted by Crippen LogP contribution is 2.32. The van der Waals surface area contributed by atoms with Crippen molar-refractivity contribution in [2.24, 2.45) is 7.05 Å². The third kappa shape index (κ3) is 2.42. The van der Waals surface area contributed by atoms with Crippen molar-refractivity contribution in [2.75, 3.05) is 6.79 Å². The first-order valence-electron chi connectivity index (χ1n) is 6.34. The van der Waals surface area contributed by atoms with Crippen LogP contribution < -0.4 is 14.8 Å². The summed E-state index contributed by atoms with van der Waals surface area (Å²) in [6.45, 7) is 3.23.